The number of carbonyl (C=O) groups is 2. The van der Waals surface area contributed by atoms with E-state index in [0.29, 0.717) is 30.2 Å². The number of rotatable bonds is 3. The van der Waals surface area contributed by atoms with E-state index in [1.165, 1.54) is 0 Å². The fourth-order valence-corrected chi connectivity index (χ4v) is 8.15. The van der Waals surface area contributed by atoms with Gasteiger partial charge < -0.3 is 15.3 Å². The lowest BCUT2D eigenvalue weighted by Crippen LogP contribution is -2.55. The van der Waals surface area contributed by atoms with Gasteiger partial charge in [-0.3, -0.25) is 4.79 Å². The van der Waals surface area contributed by atoms with E-state index in [1.54, 1.807) is 24.3 Å². The summed E-state index contributed by atoms with van der Waals surface area (Å²) in [6.45, 7) is 2.24. The van der Waals surface area contributed by atoms with Gasteiger partial charge >= 0.3 is 5.97 Å². The molecule has 3 saturated carbocycles. The first-order chi connectivity index (χ1) is 14.8. The zero-order chi connectivity index (χ0) is 22.0. The lowest BCUT2D eigenvalue weighted by molar-refractivity contribution is -0.140. The average Bonchev–Trinajstić information content (AvgIpc) is 3.05. The van der Waals surface area contributed by atoms with Crippen LogP contribution in [0, 0.1) is 28.6 Å². The Morgan fingerprint density at radius 2 is 1.81 bits per heavy atom. The minimum atomic E-state index is -1.16. The molecule has 1 aromatic rings. The van der Waals surface area contributed by atoms with Gasteiger partial charge in [-0.15, -0.1) is 0 Å². The topological polar surface area (TPSA) is 94.8 Å². The first-order valence-corrected chi connectivity index (χ1v) is 11.7. The molecule has 1 aromatic carbocycles. The number of carboxylic acids is 1. The van der Waals surface area contributed by atoms with Crippen LogP contribution in [0.5, 0.6) is 0 Å². The van der Waals surface area contributed by atoms with Crippen molar-refractivity contribution in [1.82, 2.24) is 0 Å². The summed E-state index contributed by atoms with van der Waals surface area (Å²) in [6.07, 6.45) is 7.96. The van der Waals surface area contributed by atoms with Crippen LogP contribution in [0.1, 0.15) is 74.2 Å². The van der Waals surface area contributed by atoms with E-state index in [4.69, 9.17) is 0 Å². The molecule has 4 aliphatic rings. The van der Waals surface area contributed by atoms with Crippen molar-refractivity contribution in [3.05, 3.63) is 47.0 Å². The summed E-state index contributed by atoms with van der Waals surface area (Å²) in [5.74, 6) is 0.158. The summed E-state index contributed by atoms with van der Waals surface area (Å²) in [5, 5.41) is 32.3. The van der Waals surface area contributed by atoms with Gasteiger partial charge in [0.2, 0.25) is 0 Å². The number of aromatic carboxylic acids is 1. The van der Waals surface area contributed by atoms with Crippen LogP contribution in [0.2, 0.25) is 0 Å². The van der Waals surface area contributed by atoms with Gasteiger partial charge in [0.1, 0.15) is 0 Å². The molecule has 5 rings (SSSR count). The van der Waals surface area contributed by atoms with E-state index in [1.807, 2.05) is 6.07 Å². The zero-order valence-corrected chi connectivity index (χ0v) is 18.1. The van der Waals surface area contributed by atoms with Crippen molar-refractivity contribution in [1.29, 1.82) is 0 Å². The Balaban J connectivity index is 1.54. The van der Waals surface area contributed by atoms with Gasteiger partial charge in [0.15, 0.2) is 5.78 Å². The Bertz CT molecular complexity index is 966. The van der Waals surface area contributed by atoms with Crippen LogP contribution in [0.3, 0.4) is 0 Å². The summed E-state index contributed by atoms with van der Waals surface area (Å²) in [6, 6.07) is 6.91. The summed E-state index contributed by atoms with van der Waals surface area (Å²) >= 11 is 0. The Labute approximate surface area is 183 Å². The molecule has 31 heavy (non-hydrogen) atoms. The molecule has 0 amide bonds. The third kappa shape index (κ3) is 2.69. The van der Waals surface area contributed by atoms with Crippen molar-refractivity contribution in [3.8, 4) is 0 Å². The van der Waals surface area contributed by atoms with Crippen molar-refractivity contribution in [3.63, 3.8) is 0 Å². The highest BCUT2D eigenvalue weighted by Crippen LogP contribution is 2.69. The molecular weight excluding hydrogens is 392 g/mol. The molecule has 0 radical (unpaired) electrons. The fourth-order valence-electron chi connectivity index (χ4n) is 8.15. The summed E-state index contributed by atoms with van der Waals surface area (Å²) < 4.78 is 0. The minimum absolute atomic E-state index is 0.0861. The van der Waals surface area contributed by atoms with Crippen LogP contribution >= 0.6 is 0 Å². The standard InChI is InChI=1S/C26H32O5/c1-24-11-9-21-18(7-6-16-14-17(28)8-12-25(16,21)15-27)20(24)10-13-26(24,31)22-5-3-2-4-19(22)23(29)30/h2-5,14,18,20-21,27,31H,6-13,15H2,1H3,(H,29,30)/t18-,20-,21-,24-,25+,26+/m0/s1. The average molecular weight is 425 g/mol. The monoisotopic (exact) mass is 424 g/mol. The second-order valence-electron chi connectivity index (χ2n) is 10.6. The molecule has 4 aliphatic carbocycles. The number of carbonyl (C=O) groups excluding carboxylic acids is 1. The highest BCUT2D eigenvalue weighted by molar-refractivity contribution is 5.91. The number of ketones is 1. The first kappa shape index (κ1) is 20.9. The number of aliphatic hydroxyl groups excluding tert-OH is 1. The Morgan fingerprint density at radius 1 is 1.06 bits per heavy atom. The van der Waals surface area contributed by atoms with E-state index in [0.717, 1.165) is 44.1 Å². The van der Waals surface area contributed by atoms with E-state index in [9.17, 15) is 24.9 Å². The quantitative estimate of drug-likeness (QED) is 0.680. The van der Waals surface area contributed by atoms with Crippen molar-refractivity contribution in [2.45, 2.75) is 63.9 Å². The molecule has 5 heteroatoms. The lowest BCUT2D eigenvalue weighted by atomic mass is 9.45. The molecule has 6 atom stereocenters. The van der Waals surface area contributed by atoms with Crippen LogP contribution in [0.25, 0.3) is 0 Å². The van der Waals surface area contributed by atoms with Crippen LogP contribution in [-0.4, -0.2) is 33.7 Å². The predicted octanol–water partition coefficient (Wildman–Crippen LogP) is 4.08. The molecule has 3 fully saturated rings. The highest BCUT2D eigenvalue weighted by atomic mass is 16.4. The van der Waals surface area contributed by atoms with E-state index < -0.39 is 17.0 Å². The second kappa shape index (κ2) is 7.01. The molecule has 0 aromatic heterocycles. The Kier molecular flexibility index (Phi) is 4.73. The van der Waals surface area contributed by atoms with E-state index in [2.05, 4.69) is 6.92 Å². The largest absolute Gasteiger partial charge is 0.478 e. The van der Waals surface area contributed by atoms with Gasteiger partial charge in [-0.2, -0.15) is 0 Å². The van der Waals surface area contributed by atoms with Crippen LogP contribution < -0.4 is 0 Å². The third-order valence-corrected chi connectivity index (χ3v) is 9.72. The van der Waals surface area contributed by atoms with Gasteiger partial charge in [-0.05, 0) is 80.4 Å². The highest BCUT2D eigenvalue weighted by Gasteiger charge is 2.65. The van der Waals surface area contributed by atoms with E-state index in [-0.39, 0.29) is 29.3 Å². The fraction of sp³-hybridized carbons (Fsp3) is 0.615. The van der Waals surface area contributed by atoms with Gasteiger partial charge in [0, 0.05) is 17.3 Å². The number of aliphatic hydroxyl groups is 2. The minimum Gasteiger partial charge on any atom is -0.478 e. The van der Waals surface area contributed by atoms with Crippen molar-refractivity contribution >= 4 is 11.8 Å². The van der Waals surface area contributed by atoms with Gasteiger partial charge in [0.25, 0.3) is 0 Å². The number of hydrogen-bond acceptors (Lipinski definition) is 4. The van der Waals surface area contributed by atoms with Crippen LogP contribution in [-0.2, 0) is 10.4 Å². The normalized spacial score (nSPS) is 41.7. The van der Waals surface area contributed by atoms with Gasteiger partial charge in [0.05, 0.1) is 17.8 Å². The molecule has 0 aliphatic heterocycles. The van der Waals surface area contributed by atoms with Crippen LogP contribution in [0.4, 0.5) is 0 Å². The van der Waals surface area contributed by atoms with Crippen molar-refractivity contribution in [2.24, 2.45) is 28.6 Å². The maximum atomic E-state index is 12.1. The Hall–Kier alpha value is -1.98. The molecule has 3 N–H and O–H groups in total. The summed E-state index contributed by atoms with van der Waals surface area (Å²) in [4.78, 5) is 24.0. The molecule has 0 spiro atoms. The number of fused-ring (bicyclic) bond motifs is 5. The lowest BCUT2D eigenvalue weighted by Gasteiger charge is -2.59. The maximum absolute atomic E-state index is 12.1. The number of benzene rings is 1. The molecule has 0 saturated heterocycles. The SMILES string of the molecule is C[C@]12CC[C@H]3[C@@H](CCC4=CC(=O)CC[C@@]43CO)[C@@H]1CC[C@@]2(O)c1ccccc1C(=O)O. The Morgan fingerprint density at radius 3 is 2.55 bits per heavy atom. The zero-order valence-electron chi connectivity index (χ0n) is 18.1. The maximum Gasteiger partial charge on any atom is 0.336 e. The first-order valence-electron chi connectivity index (χ1n) is 11.7. The molecule has 0 bridgehead atoms. The van der Waals surface area contributed by atoms with Crippen LogP contribution in [0.15, 0.2) is 35.9 Å². The van der Waals surface area contributed by atoms with Gasteiger partial charge in [-0.25, -0.2) is 4.79 Å². The smallest absolute Gasteiger partial charge is 0.336 e. The van der Waals surface area contributed by atoms with E-state index >= 15 is 0 Å². The summed E-state index contributed by atoms with van der Waals surface area (Å²) in [7, 11) is 0. The number of carboxylic acid groups (broad SMARTS) is 1. The third-order valence-electron chi connectivity index (χ3n) is 9.72. The molecule has 166 valence electrons. The molecule has 0 heterocycles. The van der Waals surface area contributed by atoms with Crippen molar-refractivity contribution < 1.29 is 24.9 Å². The predicted molar refractivity (Wildman–Crippen MR) is 115 cm³/mol. The molecule has 5 nitrogen and oxygen atoms in total. The number of hydrogen-bond donors (Lipinski definition) is 3. The van der Waals surface area contributed by atoms with Gasteiger partial charge in [-0.1, -0.05) is 30.7 Å². The summed E-state index contributed by atoms with van der Waals surface area (Å²) in [5.41, 5.74) is 0.0197. The molecule has 0 unspecified atom stereocenters. The molecular formula is C26H32O5. The van der Waals surface area contributed by atoms with Crippen molar-refractivity contribution in [2.75, 3.05) is 6.61 Å². The second-order valence-corrected chi connectivity index (χ2v) is 10.6.